The zero-order valence-corrected chi connectivity index (χ0v) is 13.2. The van der Waals surface area contributed by atoms with Gasteiger partial charge in [0.05, 0.1) is 0 Å². The standard InChI is InChI=1S/C17H12ClN5O/c18-11-2-1-3-13(8-11)22-15-14-17(21-9-20-15)24-16(23-14)10-4-6-12(19)7-5-10/h1-9H,19H2,(H,20,21,22). The minimum Gasteiger partial charge on any atom is -0.417 e. The van der Waals surface area contributed by atoms with Gasteiger partial charge in [0.1, 0.15) is 6.33 Å². The highest BCUT2D eigenvalue weighted by atomic mass is 35.5. The molecule has 2 aromatic carbocycles. The SMILES string of the molecule is Nc1ccc(-c2nc3c(Nc4cccc(Cl)c4)ncnc3o2)cc1. The minimum absolute atomic E-state index is 0.404. The molecule has 7 heteroatoms. The van der Waals surface area contributed by atoms with Crippen LogP contribution in [0.15, 0.2) is 59.3 Å². The highest BCUT2D eigenvalue weighted by molar-refractivity contribution is 6.30. The second-order valence-electron chi connectivity index (χ2n) is 5.15. The van der Waals surface area contributed by atoms with E-state index in [2.05, 4.69) is 20.3 Å². The Morgan fingerprint density at radius 3 is 2.67 bits per heavy atom. The van der Waals surface area contributed by atoms with Crippen molar-refractivity contribution in [1.29, 1.82) is 0 Å². The van der Waals surface area contributed by atoms with E-state index in [4.69, 9.17) is 21.8 Å². The largest absolute Gasteiger partial charge is 0.417 e. The zero-order valence-electron chi connectivity index (χ0n) is 12.4. The van der Waals surface area contributed by atoms with Gasteiger partial charge in [-0.15, -0.1) is 0 Å². The number of nitrogens with zero attached hydrogens (tertiary/aromatic N) is 3. The third-order valence-electron chi connectivity index (χ3n) is 3.44. The fourth-order valence-corrected chi connectivity index (χ4v) is 2.49. The van der Waals surface area contributed by atoms with E-state index >= 15 is 0 Å². The predicted octanol–water partition coefficient (Wildman–Crippen LogP) is 4.26. The first kappa shape index (κ1) is 14.5. The molecule has 0 radical (unpaired) electrons. The van der Waals surface area contributed by atoms with E-state index in [-0.39, 0.29) is 0 Å². The summed E-state index contributed by atoms with van der Waals surface area (Å²) in [6.07, 6.45) is 1.42. The van der Waals surface area contributed by atoms with E-state index in [0.29, 0.717) is 33.6 Å². The van der Waals surface area contributed by atoms with Gasteiger partial charge in [0, 0.05) is 22.0 Å². The van der Waals surface area contributed by atoms with Gasteiger partial charge >= 0.3 is 0 Å². The van der Waals surface area contributed by atoms with Crippen LogP contribution in [0.5, 0.6) is 0 Å². The first-order valence-electron chi connectivity index (χ1n) is 7.19. The van der Waals surface area contributed by atoms with Crippen LogP contribution in [0.4, 0.5) is 17.2 Å². The second-order valence-corrected chi connectivity index (χ2v) is 5.59. The van der Waals surface area contributed by atoms with Crippen molar-refractivity contribution >= 4 is 40.0 Å². The number of nitrogens with one attached hydrogen (secondary N) is 1. The van der Waals surface area contributed by atoms with Crippen LogP contribution in [0.2, 0.25) is 5.02 Å². The molecule has 0 saturated heterocycles. The third-order valence-corrected chi connectivity index (χ3v) is 3.68. The van der Waals surface area contributed by atoms with E-state index in [1.54, 1.807) is 24.3 Å². The van der Waals surface area contributed by atoms with Crippen LogP contribution in [-0.2, 0) is 0 Å². The molecule has 4 aromatic rings. The lowest BCUT2D eigenvalue weighted by Crippen LogP contribution is -1.95. The molecule has 0 aliphatic rings. The number of fused-ring (bicyclic) bond motifs is 1. The Morgan fingerprint density at radius 1 is 1.04 bits per heavy atom. The van der Waals surface area contributed by atoms with Crippen LogP contribution < -0.4 is 11.1 Å². The Hall–Kier alpha value is -3.12. The summed E-state index contributed by atoms with van der Waals surface area (Å²) in [5.74, 6) is 1.01. The molecule has 0 spiro atoms. The Bertz CT molecular complexity index is 1010. The van der Waals surface area contributed by atoms with E-state index in [9.17, 15) is 0 Å². The lowest BCUT2D eigenvalue weighted by atomic mass is 10.2. The highest BCUT2D eigenvalue weighted by Gasteiger charge is 2.14. The lowest BCUT2D eigenvalue weighted by molar-refractivity contribution is 0.607. The molecule has 2 aromatic heterocycles. The van der Waals surface area contributed by atoms with Crippen molar-refractivity contribution in [2.24, 2.45) is 0 Å². The quantitative estimate of drug-likeness (QED) is 0.543. The predicted molar refractivity (Wildman–Crippen MR) is 94.2 cm³/mol. The molecule has 118 valence electrons. The first-order valence-corrected chi connectivity index (χ1v) is 7.57. The maximum atomic E-state index is 6.01. The van der Waals surface area contributed by atoms with Crippen molar-refractivity contribution in [2.45, 2.75) is 0 Å². The maximum absolute atomic E-state index is 6.01. The molecule has 0 fully saturated rings. The van der Waals surface area contributed by atoms with Crippen LogP contribution >= 0.6 is 11.6 Å². The highest BCUT2D eigenvalue weighted by Crippen LogP contribution is 2.28. The smallest absolute Gasteiger partial charge is 0.252 e. The van der Waals surface area contributed by atoms with Gasteiger partial charge in [0.25, 0.3) is 5.71 Å². The first-order chi connectivity index (χ1) is 11.7. The summed E-state index contributed by atoms with van der Waals surface area (Å²) in [6, 6.07) is 14.6. The van der Waals surface area contributed by atoms with E-state index in [1.807, 2.05) is 24.3 Å². The number of anilines is 3. The van der Waals surface area contributed by atoms with Crippen LogP contribution in [0.3, 0.4) is 0 Å². The average Bonchev–Trinajstić information content (AvgIpc) is 3.01. The van der Waals surface area contributed by atoms with Gasteiger partial charge in [-0.05, 0) is 42.5 Å². The van der Waals surface area contributed by atoms with Crippen LogP contribution in [-0.4, -0.2) is 15.0 Å². The summed E-state index contributed by atoms with van der Waals surface area (Å²) in [5, 5.41) is 3.82. The number of benzene rings is 2. The van der Waals surface area contributed by atoms with Crippen molar-refractivity contribution in [3.63, 3.8) is 0 Å². The molecule has 2 heterocycles. The molecular weight excluding hydrogens is 326 g/mol. The molecule has 4 rings (SSSR count). The summed E-state index contributed by atoms with van der Waals surface area (Å²) < 4.78 is 5.73. The Labute approximate surface area is 142 Å². The van der Waals surface area contributed by atoms with Gasteiger partial charge in [-0.1, -0.05) is 17.7 Å². The van der Waals surface area contributed by atoms with Crippen molar-refractivity contribution in [2.75, 3.05) is 11.1 Å². The number of nitrogen functional groups attached to an aromatic ring is 1. The Kier molecular flexibility index (Phi) is 3.51. The fourth-order valence-electron chi connectivity index (χ4n) is 2.30. The van der Waals surface area contributed by atoms with Gasteiger partial charge in [-0.3, -0.25) is 0 Å². The van der Waals surface area contributed by atoms with Crippen molar-refractivity contribution < 1.29 is 4.42 Å². The molecule has 24 heavy (non-hydrogen) atoms. The van der Waals surface area contributed by atoms with Gasteiger partial charge < -0.3 is 15.5 Å². The summed E-state index contributed by atoms with van der Waals surface area (Å²) in [6.45, 7) is 0. The third kappa shape index (κ3) is 2.75. The number of rotatable bonds is 3. The number of hydrogen-bond acceptors (Lipinski definition) is 6. The monoisotopic (exact) mass is 337 g/mol. The van der Waals surface area contributed by atoms with Gasteiger partial charge in [0.15, 0.2) is 11.3 Å². The maximum Gasteiger partial charge on any atom is 0.252 e. The summed E-state index contributed by atoms with van der Waals surface area (Å²) in [4.78, 5) is 12.9. The molecule has 6 nitrogen and oxygen atoms in total. The molecule has 0 aliphatic heterocycles. The van der Waals surface area contributed by atoms with Crippen molar-refractivity contribution in [3.8, 4) is 11.5 Å². The van der Waals surface area contributed by atoms with Crippen molar-refractivity contribution in [1.82, 2.24) is 15.0 Å². The second kappa shape index (κ2) is 5.82. The minimum atomic E-state index is 0.404. The van der Waals surface area contributed by atoms with Gasteiger partial charge in [-0.25, -0.2) is 9.97 Å². The molecule has 0 unspecified atom stereocenters. The number of aromatic nitrogens is 3. The summed E-state index contributed by atoms with van der Waals surface area (Å²) >= 11 is 6.01. The molecule has 0 aliphatic carbocycles. The van der Waals surface area contributed by atoms with Crippen LogP contribution in [0, 0.1) is 0 Å². The molecule has 3 N–H and O–H groups in total. The Balaban J connectivity index is 1.76. The lowest BCUT2D eigenvalue weighted by Gasteiger charge is -2.05. The topological polar surface area (TPSA) is 89.9 Å². The van der Waals surface area contributed by atoms with Gasteiger partial charge in [0.2, 0.25) is 5.89 Å². The van der Waals surface area contributed by atoms with E-state index in [0.717, 1.165) is 11.3 Å². The molecule has 0 atom stereocenters. The van der Waals surface area contributed by atoms with E-state index in [1.165, 1.54) is 6.33 Å². The molecule has 0 saturated carbocycles. The van der Waals surface area contributed by atoms with E-state index < -0.39 is 0 Å². The number of nitrogens with two attached hydrogens (primary N) is 1. The van der Waals surface area contributed by atoms with Gasteiger partial charge in [-0.2, -0.15) is 4.98 Å². The number of oxazole rings is 1. The summed E-state index contributed by atoms with van der Waals surface area (Å²) in [5.41, 5.74) is 8.96. The molecular formula is C17H12ClN5O. The normalized spacial score (nSPS) is 10.9. The number of halogens is 1. The number of hydrogen-bond donors (Lipinski definition) is 2. The molecule has 0 amide bonds. The summed E-state index contributed by atoms with van der Waals surface area (Å²) in [7, 11) is 0. The fraction of sp³-hybridized carbons (Fsp3) is 0. The Morgan fingerprint density at radius 2 is 1.88 bits per heavy atom. The molecule has 0 bridgehead atoms. The van der Waals surface area contributed by atoms with Crippen LogP contribution in [0.1, 0.15) is 0 Å². The zero-order chi connectivity index (χ0) is 16.5. The average molecular weight is 338 g/mol. The van der Waals surface area contributed by atoms with Crippen LogP contribution in [0.25, 0.3) is 22.7 Å². The van der Waals surface area contributed by atoms with Crippen molar-refractivity contribution in [3.05, 3.63) is 59.9 Å².